The Morgan fingerprint density at radius 2 is 2.20 bits per heavy atom. The van der Waals surface area contributed by atoms with E-state index in [1.807, 2.05) is 10.8 Å². The summed E-state index contributed by atoms with van der Waals surface area (Å²) in [6.07, 6.45) is 7.39. The summed E-state index contributed by atoms with van der Waals surface area (Å²) in [6.45, 7) is 3.22. The number of aromatic nitrogens is 1. The molecule has 0 radical (unpaired) electrons. The molecule has 2 rings (SSSR count). The maximum atomic E-state index is 11.4. The molecule has 0 spiro atoms. The average molecular weight is 271 g/mol. The van der Waals surface area contributed by atoms with Crippen molar-refractivity contribution in [2.75, 3.05) is 5.73 Å². The van der Waals surface area contributed by atoms with Crippen LogP contribution in [0.1, 0.15) is 26.2 Å². The summed E-state index contributed by atoms with van der Waals surface area (Å²) >= 11 is 3.23. The smallest absolute Gasteiger partial charge is 0.218 e. The van der Waals surface area contributed by atoms with Crippen LogP contribution >= 0.6 is 15.9 Å². The molecule has 0 saturated heterocycles. The third-order valence-electron chi connectivity index (χ3n) is 3.19. The lowest BCUT2D eigenvalue weighted by molar-refractivity contribution is 0.132. The minimum Gasteiger partial charge on any atom is -0.394 e. The van der Waals surface area contributed by atoms with E-state index >= 15 is 0 Å². The van der Waals surface area contributed by atoms with E-state index in [1.54, 1.807) is 6.20 Å². The van der Waals surface area contributed by atoms with E-state index in [9.17, 15) is 4.79 Å². The summed E-state index contributed by atoms with van der Waals surface area (Å²) in [5, 5.41) is 0. The Morgan fingerprint density at radius 1 is 1.53 bits per heavy atom. The van der Waals surface area contributed by atoms with Crippen LogP contribution in [-0.2, 0) is 6.54 Å². The molecule has 4 heteroatoms. The number of hydrogen-bond donors (Lipinski definition) is 1. The molecule has 1 aliphatic carbocycles. The molecule has 2 N–H and O–H groups in total. The molecule has 1 saturated carbocycles. The lowest BCUT2D eigenvalue weighted by Gasteiger charge is -2.39. The van der Waals surface area contributed by atoms with Crippen molar-refractivity contribution in [1.82, 2.24) is 4.57 Å². The largest absolute Gasteiger partial charge is 0.394 e. The highest BCUT2D eigenvalue weighted by Crippen LogP contribution is 2.41. The number of halogens is 1. The van der Waals surface area contributed by atoms with Crippen LogP contribution in [0.4, 0.5) is 5.69 Å². The van der Waals surface area contributed by atoms with Crippen LogP contribution in [0.25, 0.3) is 0 Å². The Bertz CT molecular complexity index is 408. The summed E-state index contributed by atoms with van der Waals surface area (Å²) in [5.74, 6) is 0. The van der Waals surface area contributed by atoms with Gasteiger partial charge in [-0.2, -0.15) is 0 Å². The van der Waals surface area contributed by atoms with Crippen LogP contribution in [-0.4, -0.2) is 4.57 Å². The first-order valence-electron chi connectivity index (χ1n) is 5.15. The highest BCUT2D eigenvalue weighted by atomic mass is 79.9. The molecule has 0 bridgehead atoms. The van der Waals surface area contributed by atoms with E-state index in [2.05, 4.69) is 22.9 Å². The first-order valence-corrected chi connectivity index (χ1v) is 5.95. The van der Waals surface area contributed by atoms with Crippen molar-refractivity contribution in [1.29, 1.82) is 0 Å². The summed E-state index contributed by atoms with van der Waals surface area (Å²) in [4.78, 5) is 11.4. The molecule has 0 amide bonds. The van der Waals surface area contributed by atoms with Gasteiger partial charge in [0.2, 0.25) is 5.43 Å². The van der Waals surface area contributed by atoms with Crippen molar-refractivity contribution in [2.24, 2.45) is 5.41 Å². The lowest BCUT2D eigenvalue weighted by atomic mass is 9.70. The van der Waals surface area contributed by atoms with Gasteiger partial charge in [-0.15, -0.1) is 0 Å². The summed E-state index contributed by atoms with van der Waals surface area (Å²) < 4.78 is 2.56. The average Bonchev–Trinajstić information content (AvgIpc) is 2.11. The van der Waals surface area contributed by atoms with Crippen molar-refractivity contribution in [3.05, 3.63) is 27.1 Å². The van der Waals surface area contributed by atoms with Gasteiger partial charge >= 0.3 is 0 Å². The van der Waals surface area contributed by atoms with Gasteiger partial charge in [-0.05, 0) is 34.2 Å². The molecule has 0 aromatic carbocycles. The Hall–Kier alpha value is -0.770. The molecule has 0 atom stereocenters. The summed E-state index contributed by atoms with van der Waals surface area (Å²) in [6, 6.07) is 0. The fourth-order valence-electron chi connectivity index (χ4n) is 2.09. The zero-order valence-corrected chi connectivity index (χ0v) is 10.4. The minimum absolute atomic E-state index is 0.120. The second-order valence-electron chi connectivity index (χ2n) is 4.73. The molecule has 3 nitrogen and oxygen atoms in total. The summed E-state index contributed by atoms with van der Waals surface area (Å²) in [7, 11) is 0. The molecule has 0 unspecified atom stereocenters. The van der Waals surface area contributed by atoms with Crippen molar-refractivity contribution >= 4 is 21.6 Å². The molecular formula is C11H15BrN2O. The predicted molar refractivity (Wildman–Crippen MR) is 64.8 cm³/mol. The molecule has 1 fully saturated rings. The predicted octanol–water partition coefficient (Wildman–Crippen LogP) is 2.38. The number of nitrogen functional groups attached to an aromatic ring is 1. The SMILES string of the molecule is CC1(Cn2cc(N)c(=O)c(Br)c2)CCC1. The second kappa shape index (κ2) is 3.67. The maximum Gasteiger partial charge on any atom is 0.218 e. The molecular weight excluding hydrogens is 256 g/mol. The molecule has 1 aromatic rings. The van der Waals surface area contributed by atoms with Gasteiger partial charge in [0, 0.05) is 18.9 Å². The van der Waals surface area contributed by atoms with Crippen LogP contribution in [0.15, 0.2) is 21.7 Å². The van der Waals surface area contributed by atoms with Gasteiger partial charge < -0.3 is 10.3 Å². The highest BCUT2D eigenvalue weighted by Gasteiger charge is 2.31. The first-order chi connectivity index (χ1) is 7.00. The van der Waals surface area contributed by atoms with Crippen molar-refractivity contribution in [2.45, 2.75) is 32.7 Å². The molecule has 1 heterocycles. The number of hydrogen-bond acceptors (Lipinski definition) is 2. The Labute approximate surface area is 97.4 Å². The lowest BCUT2D eigenvalue weighted by Crippen LogP contribution is -2.31. The normalized spacial score (nSPS) is 18.5. The number of nitrogens with two attached hydrogens (primary N) is 1. The van der Waals surface area contributed by atoms with E-state index < -0.39 is 0 Å². The standard InChI is InChI=1S/C11H15BrN2O/c1-11(3-2-4-11)7-14-5-8(12)10(15)9(13)6-14/h5-6H,2-4,7,13H2,1H3. The number of rotatable bonds is 2. The molecule has 0 aliphatic heterocycles. The highest BCUT2D eigenvalue weighted by molar-refractivity contribution is 9.10. The van der Waals surface area contributed by atoms with E-state index in [-0.39, 0.29) is 5.43 Å². The minimum atomic E-state index is -0.120. The van der Waals surface area contributed by atoms with E-state index in [1.165, 1.54) is 19.3 Å². The van der Waals surface area contributed by atoms with Crippen LogP contribution in [0.2, 0.25) is 0 Å². The Morgan fingerprint density at radius 3 is 2.67 bits per heavy atom. The molecule has 1 aliphatic rings. The quantitative estimate of drug-likeness (QED) is 0.897. The summed E-state index contributed by atoms with van der Waals surface area (Å²) in [5.41, 5.74) is 6.22. The molecule has 82 valence electrons. The van der Waals surface area contributed by atoms with E-state index in [0.717, 1.165) is 6.54 Å². The second-order valence-corrected chi connectivity index (χ2v) is 5.58. The zero-order valence-electron chi connectivity index (χ0n) is 8.79. The van der Waals surface area contributed by atoms with E-state index in [0.29, 0.717) is 15.6 Å². The van der Waals surface area contributed by atoms with Crippen LogP contribution in [0.3, 0.4) is 0 Å². The fourth-order valence-corrected chi connectivity index (χ4v) is 2.58. The van der Waals surface area contributed by atoms with Crippen LogP contribution < -0.4 is 11.2 Å². The van der Waals surface area contributed by atoms with Gasteiger partial charge in [0.25, 0.3) is 0 Å². The monoisotopic (exact) mass is 270 g/mol. The number of pyridine rings is 1. The Kier molecular flexibility index (Phi) is 2.63. The number of nitrogens with zero attached hydrogens (tertiary/aromatic N) is 1. The van der Waals surface area contributed by atoms with E-state index in [4.69, 9.17) is 5.73 Å². The van der Waals surface area contributed by atoms with Gasteiger partial charge in [0.15, 0.2) is 0 Å². The van der Waals surface area contributed by atoms with Crippen LogP contribution in [0.5, 0.6) is 0 Å². The van der Waals surface area contributed by atoms with Crippen molar-refractivity contribution in [3.8, 4) is 0 Å². The molecule has 15 heavy (non-hydrogen) atoms. The van der Waals surface area contributed by atoms with Gasteiger partial charge in [0.05, 0.1) is 10.2 Å². The maximum absolute atomic E-state index is 11.4. The third kappa shape index (κ3) is 2.09. The van der Waals surface area contributed by atoms with Gasteiger partial charge in [-0.25, -0.2) is 0 Å². The van der Waals surface area contributed by atoms with Crippen LogP contribution in [0, 0.1) is 5.41 Å². The van der Waals surface area contributed by atoms with Gasteiger partial charge in [-0.3, -0.25) is 4.79 Å². The number of anilines is 1. The van der Waals surface area contributed by atoms with Gasteiger partial charge in [0.1, 0.15) is 0 Å². The first kappa shape index (κ1) is 10.7. The Balaban J connectivity index is 2.26. The molecule has 1 aromatic heterocycles. The zero-order chi connectivity index (χ0) is 11.1. The fraction of sp³-hybridized carbons (Fsp3) is 0.545. The van der Waals surface area contributed by atoms with Crippen molar-refractivity contribution < 1.29 is 0 Å². The third-order valence-corrected chi connectivity index (χ3v) is 3.75. The topological polar surface area (TPSA) is 48.0 Å². The van der Waals surface area contributed by atoms with Gasteiger partial charge in [-0.1, -0.05) is 13.3 Å². The van der Waals surface area contributed by atoms with Crippen molar-refractivity contribution in [3.63, 3.8) is 0 Å².